The van der Waals surface area contributed by atoms with Gasteiger partial charge in [0.25, 0.3) is 0 Å². The maximum atomic E-state index is 12.0. The van der Waals surface area contributed by atoms with Gasteiger partial charge in [0, 0.05) is 6.54 Å². The van der Waals surface area contributed by atoms with Crippen LogP contribution in [0.2, 0.25) is 0 Å². The lowest BCUT2D eigenvalue weighted by Gasteiger charge is -2.07. The van der Waals surface area contributed by atoms with Crippen molar-refractivity contribution < 1.29 is 18.3 Å². The number of nitrogens with one attached hydrogen (secondary N) is 1. The Kier molecular flexibility index (Phi) is 5.13. The van der Waals surface area contributed by atoms with Crippen LogP contribution in [0, 0.1) is 0 Å². The number of carbonyl (C=O) groups is 1. The van der Waals surface area contributed by atoms with E-state index in [4.69, 9.17) is 0 Å². The number of benzene rings is 1. The Bertz CT molecular complexity index is 560. The van der Waals surface area contributed by atoms with Crippen molar-refractivity contribution >= 4 is 5.91 Å². The Hall–Kier alpha value is -2.58. The molecule has 1 amide bonds. The van der Waals surface area contributed by atoms with E-state index in [1.807, 2.05) is 0 Å². The lowest BCUT2D eigenvalue weighted by atomic mass is 10.1. The molecule has 2 aromatic rings. The van der Waals surface area contributed by atoms with Crippen LogP contribution >= 0.6 is 0 Å². The number of halogens is 2. The number of hydrogen-bond acceptors (Lipinski definition) is 5. The molecule has 0 saturated carbocycles. The van der Waals surface area contributed by atoms with Crippen molar-refractivity contribution in [3.05, 3.63) is 36.2 Å². The molecule has 0 spiro atoms. The van der Waals surface area contributed by atoms with E-state index in [1.54, 1.807) is 12.1 Å². The van der Waals surface area contributed by atoms with Crippen molar-refractivity contribution in [1.82, 2.24) is 25.5 Å². The quantitative estimate of drug-likeness (QED) is 0.810. The van der Waals surface area contributed by atoms with Gasteiger partial charge in [-0.25, -0.2) is 4.68 Å². The lowest BCUT2D eigenvalue weighted by Crippen LogP contribution is -2.29. The number of alkyl halides is 2. The fourth-order valence-electron chi connectivity index (χ4n) is 1.64. The Morgan fingerprint density at radius 1 is 1.33 bits per heavy atom. The van der Waals surface area contributed by atoms with E-state index in [0.717, 1.165) is 5.56 Å². The van der Waals surface area contributed by atoms with Gasteiger partial charge >= 0.3 is 6.61 Å². The van der Waals surface area contributed by atoms with E-state index in [1.165, 1.54) is 23.1 Å². The van der Waals surface area contributed by atoms with Crippen LogP contribution in [-0.4, -0.2) is 39.3 Å². The Labute approximate surface area is 118 Å². The molecule has 0 atom stereocenters. The number of tetrazole rings is 1. The molecule has 7 nitrogen and oxygen atoms in total. The highest BCUT2D eigenvalue weighted by molar-refractivity contribution is 5.75. The van der Waals surface area contributed by atoms with E-state index in [0.29, 0.717) is 13.0 Å². The third-order valence-electron chi connectivity index (χ3n) is 2.58. The lowest BCUT2D eigenvalue weighted by molar-refractivity contribution is -0.121. The number of aromatic nitrogens is 4. The average Bonchev–Trinajstić information content (AvgIpc) is 2.93. The minimum absolute atomic E-state index is 0.0498. The maximum absolute atomic E-state index is 12.0. The Morgan fingerprint density at radius 3 is 2.71 bits per heavy atom. The molecule has 112 valence electrons. The standard InChI is InChI=1S/C12H13F2N5O2/c13-12(14)21-10-3-1-9(2-4-10)5-6-15-11(20)7-19-8-16-17-18-19/h1-4,8,12H,5-7H2,(H,15,20). The summed E-state index contributed by atoms with van der Waals surface area (Å²) in [6.07, 6.45) is 1.93. The fraction of sp³-hybridized carbons (Fsp3) is 0.333. The highest BCUT2D eigenvalue weighted by Crippen LogP contribution is 2.14. The van der Waals surface area contributed by atoms with Crippen LogP contribution < -0.4 is 10.1 Å². The van der Waals surface area contributed by atoms with E-state index in [2.05, 4.69) is 25.6 Å². The first-order valence-corrected chi connectivity index (χ1v) is 6.15. The summed E-state index contributed by atoms with van der Waals surface area (Å²) in [6, 6.07) is 6.27. The highest BCUT2D eigenvalue weighted by atomic mass is 19.3. The van der Waals surface area contributed by atoms with Crippen LogP contribution in [-0.2, 0) is 17.8 Å². The molecule has 0 aliphatic carbocycles. The predicted molar refractivity (Wildman–Crippen MR) is 67.6 cm³/mol. The predicted octanol–water partition coefficient (Wildman–Crippen LogP) is 0.633. The summed E-state index contributed by atoms with van der Waals surface area (Å²) >= 11 is 0. The van der Waals surface area contributed by atoms with Gasteiger partial charge in [-0.2, -0.15) is 8.78 Å². The molecule has 0 aliphatic rings. The van der Waals surface area contributed by atoms with Gasteiger partial charge in [0.05, 0.1) is 0 Å². The van der Waals surface area contributed by atoms with Crippen LogP contribution in [0.3, 0.4) is 0 Å². The Morgan fingerprint density at radius 2 is 2.10 bits per heavy atom. The van der Waals surface area contributed by atoms with Gasteiger partial charge < -0.3 is 10.1 Å². The second-order valence-corrected chi connectivity index (χ2v) is 4.13. The SMILES string of the molecule is O=C(Cn1cnnn1)NCCc1ccc(OC(F)F)cc1. The summed E-state index contributed by atoms with van der Waals surface area (Å²) < 4.78 is 29.5. The van der Waals surface area contributed by atoms with E-state index in [9.17, 15) is 13.6 Å². The highest BCUT2D eigenvalue weighted by Gasteiger charge is 2.05. The van der Waals surface area contributed by atoms with Gasteiger partial charge in [-0.15, -0.1) is 5.10 Å². The number of nitrogens with zero attached hydrogens (tertiary/aromatic N) is 4. The molecule has 0 unspecified atom stereocenters. The summed E-state index contributed by atoms with van der Waals surface area (Å²) in [5, 5.41) is 13.1. The number of amides is 1. The molecular formula is C12H13F2N5O2. The van der Waals surface area contributed by atoms with Crippen LogP contribution in [0.5, 0.6) is 5.75 Å². The molecule has 9 heteroatoms. The number of carbonyl (C=O) groups excluding carboxylic acids is 1. The van der Waals surface area contributed by atoms with Crippen molar-refractivity contribution in [3.8, 4) is 5.75 Å². The molecular weight excluding hydrogens is 284 g/mol. The van der Waals surface area contributed by atoms with E-state index in [-0.39, 0.29) is 18.2 Å². The molecule has 1 heterocycles. The van der Waals surface area contributed by atoms with Crippen molar-refractivity contribution in [3.63, 3.8) is 0 Å². The largest absolute Gasteiger partial charge is 0.435 e. The molecule has 0 saturated heterocycles. The van der Waals surface area contributed by atoms with Crippen LogP contribution in [0.4, 0.5) is 8.78 Å². The molecule has 21 heavy (non-hydrogen) atoms. The minimum atomic E-state index is -2.83. The molecule has 1 aromatic carbocycles. The normalized spacial score (nSPS) is 10.6. The number of hydrogen-bond donors (Lipinski definition) is 1. The van der Waals surface area contributed by atoms with Gasteiger partial charge in [-0.1, -0.05) is 12.1 Å². The number of ether oxygens (including phenoxy) is 1. The zero-order valence-electron chi connectivity index (χ0n) is 10.9. The van der Waals surface area contributed by atoms with Crippen LogP contribution in [0.15, 0.2) is 30.6 Å². The maximum Gasteiger partial charge on any atom is 0.387 e. The van der Waals surface area contributed by atoms with Crippen molar-refractivity contribution in [2.45, 2.75) is 19.6 Å². The fourth-order valence-corrected chi connectivity index (χ4v) is 1.64. The summed E-state index contributed by atoms with van der Waals surface area (Å²) in [4.78, 5) is 11.5. The first kappa shape index (κ1) is 14.8. The summed E-state index contributed by atoms with van der Waals surface area (Å²) in [5.41, 5.74) is 0.902. The first-order chi connectivity index (χ1) is 10.1. The summed E-state index contributed by atoms with van der Waals surface area (Å²) in [6.45, 7) is -2.36. The minimum Gasteiger partial charge on any atom is -0.435 e. The van der Waals surface area contributed by atoms with Gasteiger partial charge in [0.1, 0.15) is 18.6 Å². The van der Waals surface area contributed by atoms with Crippen molar-refractivity contribution in [2.75, 3.05) is 6.54 Å². The van der Waals surface area contributed by atoms with Crippen LogP contribution in [0.25, 0.3) is 0 Å². The Balaban J connectivity index is 1.71. The number of rotatable bonds is 7. The monoisotopic (exact) mass is 297 g/mol. The first-order valence-electron chi connectivity index (χ1n) is 6.15. The second-order valence-electron chi connectivity index (χ2n) is 4.13. The molecule has 0 aliphatic heterocycles. The van der Waals surface area contributed by atoms with E-state index >= 15 is 0 Å². The molecule has 0 fully saturated rings. The van der Waals surface area contributed by atoms with Crippen molar-refractivity contribution in [2.24, 2.45) is 0 Å². The molecule has 2 rings (SSSR count). The zero-order valence-corrected chi connectivity index (χ0v) is 10.9. The van der Waals surface area contributed by atoms with Gasteiger partial charge in [0.2, 0.25) is 5.91 Å². The second kappa shape index (κ2) is 7.27. The van der Waals surface area contributed by atoms with Crippen molar-refractivity contribution in [1.29, 1.82) is 0 Å². The van der Waals surface area contributed by atoms with Crippen LogP contribution in [0.1, 0.15) is 5.56 Å². The third kappa shape index (κ3) is 5.13. The topological polar surface area (TPSA) is 81.9 Å². The summed E-state index contributed by atoms with van der Waals surface area (Å²) in [7, 11) is 0. The van der Waals surface area contributed by atoms with Gasteiger partial charge in [0.15, 0.2) is 0 Å². The smallest absolute Gasteiger partial charge is 0.387 e. The summed E-state index contributed by atoms with van der Waals surface area (Å²) in [5.74, 6) is -0.101. The van der Waals surface area contributed by atoms with Gasteiger partial charge in [-0.05, 0) is 34.5 Å². The van der Waals surface area contributed by atoms with E-state index < -0.39 is 6.61 Å². The average molecular weight is 297 g/mol. The molecule has 1 aromatic heterocycles. The molecule has 0 bridgehead atoms. The third-order valence-corrected chi connectivity index (χ3v) is 2.58. The zero-order chi connectivity index (χ0) is 15.1. The van der Waals surface area contributed by atoms with Gasteiger partial charge in [-0.3, -0.25) is 4.79 Å². The molecule has 0 radical (unpaired) electrons. The molecule has 1 N–H and O–H groups in total.